The zero-order chi connectivity index (χ0) is 12.5. The molecule has 2 rings (SSSR count). The molecule has 1 unspecified atom stereocenters. The number of nitrogens with one attached hydrogen (secondary N) is 1. The Morgan fingerprint density at radius 2 is 2.29 bits per heavy atom. The van der Waals surface area contributed by atoms with Crippen molar-refractivity contribution in [3.8, 4) is 0 Å². The largest absolute Gasteiger partial charge is 0.379 e. The Bertz CT molecular complexity index is 445. The molecule has 1 saturated heterocycles. The molecule has 1 N–H and O–H groups in total. The normalized spacial score (nSPS) is 23.7. The van der Waals surface area contributed by atoms with Crippen molar-refractivity contribution in [2.45, 2.75) is 18.9 Å². The molecule has 6 heteroatoms. The molecule has 0 spiro atoms. The predicted molar refractivity (Wildman–Crippen MR) is 65.6 cm³/mol. The quantitative estimate of drug-likeness (QED) is 0.842. The average molecular weight is 275 g/mol. The number of aromatic nitrogens is 1. The summed E-state index contributed by atoms with van der Waals surface area (Å²) in [5, 5.41) is 3.40. The van der Waals surface area contributed by atoms with Gasteiger partial charge in [-0.25, -0.2) is 4.98 Å². The number of pyridine rings is 1. The van der Waals surface area contributed by atoms with E-state index in [1.54, 1.807) is 12.1 Å². The summed E-state index contributed by atoms with van der Waals surface area (Å²) in [6.07, 6.45) is 0.775. The highest BCUT2D eigenvalue weighted by Crippen LogP contribution is 2.21. The first-order chi connectivity index (χ1) is 8.00. The molecular weight excluding hydrogens is 263 g/mol. The van der Waals surface area contributed by atoms with Gasteiger partial charge >= 0.3 is 0 Å². The van der Waals surface area contributed by atoms with E-state index in [0.29, 0.717) is 13.2 Å². The topological polar surface area (TPSA) is 51.2 Å². The number of ether oxygens (including phenoxy) is 1. The predicted octanol–water partition coefficient (Wildman–Crippen LogP) is 2.30. The maximum absolute atomic E-state index is 12.0. The van der Waals surface area contributed by atoms with Crippen LogP contribution in [0.3, 0.4) is 0 Å². The Balaban J connectivity index is 2.17. The van der Waals surface area contributed by atoms with Crippen LogP contribution in [0.2, 0.25) is 10.2 Å². The van der Waals surface area contributed by atoms with Crippen LogP contribution >= 0.6 is 23.2 Å². The van der Waals surface area contributed by atoms with Crippen LogP contribution < -0.4 is 5.32 Å². The van der Waals surface area contributed by atoms with E-state index in [1.807, 2.05) is 6.92 Å². The van der Waals surface area contributed by atoms with Crippen molar-refractivity contribution in [1.29, 1.82) is 0 Å². The highest BCUT2D eigenvalue weighted by atomic mass is 35.5. The number of nitrogens with zero attached hydrogens (tertiary/aromatic N) is 1. The van der Waals surface area contributed by atoms with Crippen LogP contribution in [-0.2, 0) is 4.74 Å². The second kappa shape index (κ2) is 4.80. The van der Waals surface area contributed by atoms with Crippen molar-refractivity contribution in [1.82, 2.24) is 10.3 Å². The van der Waals surface area contributed by atoms with Gasteiger partial charge < -0.3 is 10.1 Å². The molecule has 2 heterocycles. The molecule has 0 aromatic carbocycles. The molecule has 1 aliphatic heterocycles. The molecule has 4 nitrogen and oxygen atoms in total. The van der Waals surface area contributed by atoms with Crippen molar-refractivity contribution in [2.24, 2.45) is 0 Å². The van der Waals surface area contributed by atoms with Crippen LogP contribution in [0.1, 0.15) is 23.8 Å². The zero-order valence-corrected chi connectivity index (χ0v) is 10.8. The highest BCUT2D eigenvalue weighted by Gasteiger charge is 2.32. The molecule has 17 heavy (non-hydrogen) atoms. The van der Waals surface area contributed by atoms with E-state index in [2.05, 4.69) is 10.3 Å². The van der Waals surface area contributed by atoms with E-state index in [0.717, 1.165) is 6.42 Å². The van der Waals surface area contributed by atoms with Gasteiger partial charge in [-0.1, -0.05) is 23.2 Å². The first kappa shape index (κ1) is 12.6. The Morgan fingerprint density at radius 3 is 2.94 bits per heavy atom. The van der Waals surface area contributed by atoms with Gasteiger partial charge in [-0.15, -0.1) is 0 Å². The van der Waals surface area contributed by atoms with Gasteiger partial charge in [-0.3, -0.25) is 4.79 Å². The Hall–Kier alpha value is -0.840. The van der Waals surface area contributed by atoms with E-state index in [9.17, 15) is 4.79 Å². The van der Waals surface area contributed by atoms with Gasteiger partial charge in [0.15, 0.2) is 0 Å². The van der Waals surface area contributed by atoms with Gasteiger partial charge in [-0.05, 0) is 25.5 Å². The number of hydrogen-bond acceptors (Lipinski definition) is 3. The van der Waals surface area contributed by atoms with Gasteiger partial charge in [0.05, 0.1) is 17.2 Å². The molecule has 1 aliphatic rings. The maximum atomic E-state index is 12.0. The van der Waals surface area contributed by atoms with E-state index in [4.69, 9.17) is 27.9 Å². The standard InChI is InChI=1S/C11H12Cl2N2O2/c1-11(4-5-17-6-11)15-10(16)9-7(12)2-3-8(13)14-9/h2-3H,4-6H2,1H3,(H,15,16). The van der Waals surface area contributed by atoms with Crippen LogP contribution in [0.5, 0.6) is 0 Å². The van der Waals surface area contributed by atoms with Crippen molar-refractivity contribution in [2.75, 3.05) is 13.2 Å². The number of halogens is 2. The molecule has 1 fully saturated rings. The van der Waals surface area contributed by atoms with Crippen LogP contribution in [0.25, 0.3) is 0 Å². The lowest BCUT2D eigenvalue weighted by molar-refractivity contribution is 0.0885. The number of amides is 1. The highest BCUT2D eigenvalue weighted by molar-refractivity contribution is 6.34. The average Bonchev–Trinajstić information content (AvgIpc) is 2.68. The van der Waals surface area contributed by atoms with E-state index in [-0.39, 0.29) is 27.3 Å². The fraction of sp³-hybridized carbons (Fsp3) is 0.455. The van der Waals surface area contributed by atoms with E-state index < -0.39 is 0 Å². The van der Waals surface area contributed by atoms with Crippen molar-refractivity contribution in [3.63, 3.8) is 0 Å². The minimum atomic E-state index is -0.357. The summed E-state index contributed by atoms with van der Waals surface area (Å²) in [6.45, 7) is 3.07. The molecule has 1 atom stereocenters. The third kappa shape index (κ3) is 2.89. The number of hydrogen-bond donors (Lipinski definition) is 1. The summed E-state index contributed by atoms with van der Waals surface area (Å²) < 4.78 is 5.26. The van der Waals surface area contributed by atoms with Crippen molar-refractivity contribution >= 4 is 29.1 Å². The molecule has 1 aromatic heterocycles. The maximum Gasteiger partial charge on any atom is 0.271 e. The van der Waals surface area contributed by atoms with Gasteiger partial charge in [-0.2, -0.15) is 0 Å². The second-order valence-corrected chi connectivity index (χ2v) is 5.08. The molecule has 0 radical (unpaired) electrons. The molecular formula is C11H12Cl2N2O2. The second-order valence-electron chi connectivity index (χ2n) is 4.28. The smallest absolute Gasteiger partial charge is 0.271 e. The van der Waals surface area contributed by atoms with Crippen molar-refractivity contribution in [3.05, 3.63) is 28.0 Å². The third-order valence-corrected chi connectivity index (χ3v) is 3.18. The number of carbonyl (C=O) groups is 1. The molecule has 0 aliphatic carbocycles. The van der Waals surface area contributed by atoms with E-state index >= 15 is 0 Å². The number of carbonyl (C=O) groups excluding carboxylic acids is 1. The Morgan fingerprint density at radius 1 is 1.53 bits per heavy atom. The van der Waals surface area contributed by atoms with Crippen LogP contribution in [0, 0.1) is 0 Å². The fourth-order valence-corrected chi connectivity index (χ4v) is 2.02. The molecule has 1 amide bonds. The first-order valence-corrected chi connectivity index (χ1v) is 5.98. The van der Waals surface area contributed by atoms with Gasteiger partial charge in [0.1, 0.15) is 10.8 Å². The summed E-state index contributed by atoms with van der Waals surface area (Å²) >= 11 is 11.6. The zero-order valence-electron chi connectivity index (χ0n) is 9.30. The summed E-state index contributed by atoms with van der Waals surface area (Å²) in [4.78, 5) is 15.9. The summed E-state index contributed by atoms with van der Waals surface area (Å²) in [5.41, 5.74) is -0.211. The monoisotopic (exact) mass is 274 g/mol. The molecule has 1 aromatic rings. The minimum Gasteiger partial charge on any atom is -0.379 e. The van der Waals surface area contributed by atoms with Gasteiger partial charge in [0.25, 0.3) is 5.91 Å². The summed E-state index contributed by atoms with van der Waals surface area (Å²) in [5.74, 6) is -0.328. The lowest BCUT2D eigenvalue weighted by Gasteiger charge is -2.23. The van der Waals surface area contributed by atoms with Crippen LogP contribution in [0.4, 0.5) is 0 Å². The third-order valence-electron chi connectivity index (χ3n) is 2.66. The lowest BCUT2D eigenvalue weighted by Crippen LogP contribution is -2.46. The fourth-order valence-electron chi connectivity index (χ4n) is 1.68. The van der Waals surface area contributed by atoms with Crippen LogP contribution in [0.15, 0.2) is 12.1 Å². The molecule has 0 bridgehead atoms. The first-order valence-electron chi connectivity index (χ1n) is 5.22. The molecule has 0 saturated carbocycles. The lowest BCUT2D eigenvalue weighted by atomic mass is 10.0. The Labute approximate surface area is 109 Å². The Kier molecular flexibility index (Phi) is 3.56. The van der Waals surface area contributed by atoms with Crippen molar-refractivity contribution < 1.29 is 9.53 Å². The minimum absolute atomic E-state index is 0.146. The summed E-state index contributed by atoms with van der Waals surface area (Å²) in [7, 11) is 0. The van der Waals surface area contributed by atoms with Gasteiger partial charge in [0.2, 0.25) is 0 Å². The van der Waals surface area contributed by atoms with Gasteiger partial charge in [0, 0.05) is 6.61 Å². The molecule has 92 valence electrons. The number of rotatable bonds is 2. The summed E-state index contributed by atoms with van der Waals surface area (Å²) in [6, 6.07) is 3.10. The SMILES string of the molecule is CC1(NC(=O)c2nc(Cl)ccc2Cl)CCOC1. The van der Waals surface area contributed by atoms with Crippen LogP contribution in [-0.4, -0.2) is 29.6 Å². The van der Waals surface area contributed by atoms with E-state index in [1.165, 1.54) is 0 Å².